The predicted molar refractivity (Wildman–Crippen MR) is 70.3 cm³/mol. The van der Waals surface area contributed by atoms with Gasteiger partial charge in [0.25, 0.3) is 0 Å². The van der Waals surface area contributed by atoms with E-state index in [1.54, 1.807) is 13.2 Å². The van der Waals surface area contributed by atoms with Crippen LogP contribution in [0.3, 0.4) is 0 Å². The van der Waals surface area contributed by atoms with Crippen molar-refractivity contribution < 1.29 is 9.53 Å². The largest absolute Gasteiger partial charge is 0.378 e. The van der Waals surface area contributed by atoms with Gasteiger partial charge in [-0.3, -0.25) is 4.79 Å². The number of carbonyl (C=O) groups excluding carboxylic acids is 1. The molecule has 0 saturated carbocycles. The van der Waals surface area contributed by atoms with Crippen molar-refractivity contribution in [2.24, 2.45) is 10.7 Å². The van der Waals surface area contributed by atoms with Crippen molar-refractivity contribution in [2.75, 3.05) is 20.2 Å². The molecule has 0 spiro atoms. The molecule has 0 aromatic heterocycles. The molecule has 1 unspecified atom stereocenters. The molecule has 0 aliphatic carbocycles. The highest BCUT2D eigenvalue weighted by Crippen LogP contribution is 2.24. The Labute approximate surface area is 106 Å². The van der Waals surface area contributed by atoms with Gasteiger partial charge in [-0.25, -0.2) is 4.99 Å². The second kappa shape index (κ2) is 5.75. The van der Waals surface area contributed by atoms with E-state index in [0.29, 0.717) is 30.9 Å². The van der Waals surface area contributed by atoms with Crippen LogP contribution in [0.15, 0.2) is 29.3 Å². The van der Waals surface area contributed by atoms with Gasteiger partial charge >= 0.3 is 0 Å². The van der Waals surface area contributed by atoms with E-state index in [0.717, 1.165) is 5.69 Å². The third-order valence-corrected chi connectivity index (χ3v) is 2.92. The number of nitrogens with two attached hydrogens (primary N) is 1. The Kier molecular flexibility index (Phi) is 4.07. The van der Waals surface area contributed by atoms with E-state index < -0.39 is 0 Å². The number of hydrogen-bond acceptors (Lipinski definition) is 5. The number of ketones is 1. The molecule has 96 valence electrons. The normalized spacial score (nSPS) is 15.9. The number of nitrogens with zero attached hydrogens (tertiary/aromatic N) is 1. The van der Waals surface area contributed by atoms with Gasteiger partial charge in [-0.05, 0) is 12.1 Å². The quantitative estimate of drug-likeness (QED) is 0.827. The van der Waals surface area contributed by atoms with Crippen molar-refractivity contribution in [2.45, 2.75) is 12.5 Å². The van der Waals surface area contributed by atoms with Crippen molar-refractivity contribution in [3.8, 4) is 0 Å². The maximum atomic E-state index is 11.9. The summed E-state index contributed by atoms with van der Waals surface area (Å²) in [5, 5.41) is 3.12. The Balaban J connectivity index is 2.08. The predicted octanol–water partition coefficient (Wildman–Crippen LogP) is 0.866. The first-order chi connectivity index (χ1) is 8.74. The number of rotatable bonds is 4. The van der Waals surface area contributed by atoms with Crippen molar-refractivity contribution in [3.05, 3.63) is 29.8 Å². The summed E-state index contributed by atoms with van der Waals surface area (Å²) in [7, 11) is 1.61. The van der Waals surface area contributed by atoms with Crippen LogP contribution in [0.4, 0.5) is 5.69 Å². The van der Waals surface area contributed by atoms with Crippen LogP contribution in [-0.2, 0) is 4.74 Å². The van der Waals surface area contributed by atoms with Crippen LogP contribution in [0.2, 0.25) is 0 Å². The Morgan fingerprint density at radius 2 is 2.28 bits per heavy atom. The number of fused-ring (bicyclic) bond motifs is 1. The van der Waals surface area contributed by atoms with E-state index in [9.17, 15) is 4.79 Å². The Hall–Kier alpha value is -1.72. The van der Waals surface area contributed by atoms with E-state index in [4.69, 9.17) is 10.5 Å². The van der Waals surface area contributed by atoms with Crippen LogP contribution in [0.1, 0.15) is 16.8 Å². The summed E-state index contributed by atoms with van der Waals surface area (Å²) in [6, 6.07) is 7.36. The van der Waals surface area contributed by atoms with Crippen LogP contribution >= 0.6 is 0 Å². The maximum Gasteiger partial charge on any atom is 0.172 e. The van der Waals surface area contributed by atoms with Crippen LogP contribution in [0, 0.1) is 0 Å². The van der Waals surface area contributed by atoms with Gasteiger partial charge in [0.1, 0.15) is 5.84 Å². The Morgan fingerprint density at radius 1 is 1.50 bits per heavy atom. The minimum Gasteiger partial charge on any atom is -0.378 e. The van der Waals surface area contributed by atoms with Crippen LogP contribution < -0.4 is 11.1 Å². The summed E-state index contributed by atoms with van der Waals surface area (Å²) in [6.07, 6.45) is 0.234. The van der Waals surface area contributed by atoms with E-state index >= 15 is 0 Å². The van der Waals surface area contributed by atoms with Gasteiger partial charge in [0.15, 0.2) is 5.78 Å². The van der Waals surface area contributed by atoms with Crippen LogP contribution in [0.5, 0.6) is 0 Å². The molecule has 0 amide bonds. The summed E-state index contributed by atoms with van der Waals surface area (Å²) >= 11 is 0. The van der Waals surface area contributed by atoms with Crippen molar-refractivity contribution in [1.29, 1.82) is 0 Å². The second-order valence-corrected chi connectivity index (χ2v) is 4.15. The average Bonchev–Trinajstić information content (AvgIpc) is 2.40. The summed E-state index contributed by atoms with van der Waals surface area (Å²) < 4.78 is 5.16. The number of carbonyl (C=O) groups is 1. The molecule has 5 nitrogen and oxygen atoms in total. The molecule has 1 atom stereocenters. The molecule has 1 aliphatic heterocycles. The SMILES string of the molecule is COC(CN)CNC1=Nc2ccccc2C(=O)C1. The van der Waals surface area contributed by atoms with Gasteiger partial charge in [-0.2, -0.15) is 0 Å². The van der Waals surface area contributed by atoms with E-state index in [1.807, 2.05) is 18.2 Å². The molecule has 1 aromatic rings. The average molecular weight is 247 g/mol. The molecule has 1 aromatic carbocycles. The lowest BCUT2D eigenvalue weighted by Gasteiger charge is -2.18. The highest BCUT2D eigenvalue weighted by molar-refractivity contribution is 6.15. The molecule has 5 heteroatoms. The van der Waals surface area contributed by atoms with E-state index in [2.05, 4.69) is 10.3 Å². The van der Waals surface area contributed by atoms with E-state index in [-0.39, 0.29) is 11.9 Å². The molecule has 18 heavy (non-hydrogen) atoms. The standard InChI is InChI=1S/C13H17N3O2/c1-18-9(7-14)8-15-13-6-12(17)10-4-2-3-5-11(10)16-13/h2-5,9H,6-8,14H2,1H3,(H,15,16). The summed E-state index contributed by atoms with van der Waals surface area (Å²) in [5.74, 6) is 0.763. The fourth-order valence-electron chi connectivity index (χ4n) is 1.84. The summed E-state index contributed by atoms with van der Waals surface area (Å²) in [4.78, 5) is 16.3. The Morgan fingerprint density at radius 3 is 3.00 bits per heavy atom. The molecule has 0 bridgehead atoms. The molecular formula is C13H17N3O2. The molecular weight excluding hydrogens is 230 g/mol. The van der Waals surface area contributed by atoms with Crippen molar-refractivity contribution >= 4 is 17.3 Å². The highest BCUT2D eigenvalue weighted by atomic mass is 16.5. The lowest BCUT2D eigenvalue weighted by Crippen LogP contribution is -2.38. The molecule has 0 fully saturated rings. The fraction of sp³-hybridized carbons (Fsp3) is 0.385. The smallest absolute Gasteiger partial charge is 0.172 e. The van der Waals surface area contributed by atoms with Crippen molar-refractivity contribution in [1.82, 2.24) is 5.32 Å². The number of aliphatic imine (C=N–C) groups is 1. The Bertz CT molecular complexity index is 467. The highest BCUT2D eigenvalue weighted by Gasteiger charge is 2.19. The first-order valence-electron chi connectivity index (χ1n) is 5.91. The zero-order chi connectivity index (χ0) is 13.0. The van der Waals surface area contributed by atoms with Crippen LogP contribution in [-0.4, -0.2) is 37.9 Å². The van der Waals surface area contributed by atoms with Gasteiger partial charge in [0.05, 0.1) is 18.2 Å². The number of Topliss-reactive ketones (excluding diaryl/α,β-unsaturated/α-hetero) is 1. The van der Waals surface area contributed by atoms with E-state index in [1.165, 1.54) is 0 Å². The molecule has 1 aliphatic rings. The van der Waals surface area contributed by atoms with Gasteiger partial charge < -0.3 is 15.8 Å². The molecule has 2 rings (SSSR count). The zero-order valence-corrected chi connectivity index (χ0v) is 10.3. The van der Waals surface area contributed by atoms with Gasteiger partial charge in [-0.15, -0.1) is 0 Å². The summed E-state index contributed by atoms with van der Waals surface area (Å²) in [5.41, 5.74) is 6.94. The molecule has 1 heterocycles. The number of benzene rings is 1. The monoisotopic (exact) mass is 247 g/mol. The lowest BCUT2D eigenvalue weighted by atomic mass is 10.0. The topological polar surface area (TPSA) is 76.7 Å². The number of para-hydroxylation sites is 1. The van der Waals surface area contributed by atoms with Gasteiger partial charge in [0.2, 0.25) is 0 Å². The third kappa shape index (κ3) is 2.75. The number of hydrogen-bond donors (Lipinski definition) is 2. The zero-order valence-electron chi connectivity index (χ0n) is 10.3. The number of methoxy groups -OCH3 is 1. The first kappa shape index (κ1) is 12.7. The lowest BCUT2D eigenvalue weighted by molar-refractivity contribution is 0.0995. The second-order valence-electron chi connectivity index (χ2n) is 4.15. The fourth-order valence-corrected chi connectivity index (χ4v) is 1.84. The van der Waals surface area contributed by atoms with Crippen LogP contribution in [0.25, 0.3) is 0 Å². The minimum atomic E-state index is -0.0695. The third-order valence-electron chi connectivity index (χ3n) is 2.92. The molecule has 3 N–H and O–H groups in total. The first-order valence-corrected chi connectivity index (χ1v) is 5.91. The van der Waals surface area contributed by atoms with Gasteiger partial charge in [-0.1, -0.05) is 12.1 Å². The maximum absolute atomic E-state index is 11.9. The summed E-state index contributed by atoms with van der Waals surface area (Å²) in [6.45, 7) is 0.989. The van der Waals surface area contributed by atoms with Gasteiger partial charge in [0, 0.05) is 25.8 Å². The van der Waals surface area contributed by atoms with Crippen molar-refractivity contribution in [3.63, 3.8) is 0 Å². The minimum absolute atomic E-state index is 0.0695. The molecule has 0 radical (unpaired) electrons. The number of ether oxygens (including phenoxy) is 1. The number of amidine groups is 1. The molecule has 0 saturated heterocycles. The number of nitrogens with one attached hydrogen (secondary N) is 1.